The molecule has 0 saturated carbocycles. The molecule has 29 heavy (non-hydrogen) atoms. The summed E-state index contributed by atoms with van der Waals surface area (Å²) in [6.07, 6.45) is 0.0881. The second-order valence-electron chi connectivity index (χ2n) is 6.21. The fourth-order valence-electron chi connectivity index (χ4n) is 2.74. The third-order valence-electron chi connectivity index (χ3n) is 4.14. The van der Waals surface area contributed by atoms with Crippen molar-refractivity contribution in [1.29, 1.82) is 0 Å². The number of para-hydroxylation sites is 1. The molecule has 146 valence electrons. The molecule has 0 unspecified atom stereocenters. The van der Waals surface area contributed by atoms with Gasteiger partial charge in [-0.1, -0.05) is 35.9 Å². The number of halogens is 2. The van der Waals surface area contributed by atoms with Crippen LogP contribution in [-0.2, 0) is 11.2 Å². The molecule has 2 aromatic heterocycles. The van der Waals surface area contributed by atoms with Gasteiger partial charge in [0.2, 0.25) is 5.91 Å². The maximum Gasteiger partial charge on any atom is 0.265 e. The Morgan fingerprint density at radius 2 is 1.86 bits per heavy atom. The average Bonchev–Trinajstić information content (AvgIpc) is 3.28. The Morgan fingerprint density at radius 3 is 2.62 bits per heavy atom. The first-order valence-corrected chi connectivity index (χ1v) is 9.77. The summed E-state index contributed by atoms with van der Waals surface area (Å²) >= 11 is 7.27. The molecule has 0 radical (unpaired) electrons. The van der Waals surface area contributed by atoms with Crippen molar-refractivity contribution >= 4 is 56.5 Å². The molecule has 0 fully saturated rings. The van der Waals surface area contributed by atoms with Crippen molar-refractivity contribution in [2.45, 2.75) is 6.42 Å². The number of nitrogens with one attached hydrogen (secondary N) is 3. The molecule has 4 rings (SSSR count). The van der Waals surface area contributed by atoms with Gasteiger partial charge in [0.1, 0.15) is 16.5 Å². The van der Waals surface area contributed by atoms with E-state index in [0.29, 0.717) is 37.2 Å². The number of nitrogens with zero attached hydrogens (tertiary/aromatic N) is 1. The van der Waals surface area contributed by atoms with Crippen LogP contribution in [-0.4, -0.2) is 22.0 Å². The van der Waals surface area contributed by atoms with Gasteiger partial charge in [0, 0.05) is 0 Å². The van der Waals surface area contributed by atoms with E-state index in [-0.39, 0.29) is 24.1 Å². The number of H-pyrrole nitrogens is 1. The van der Waals surface area contributed by atoms with Crippen LogP contribution in [0.5, 0.6) is 0 Å². The van der Waals surface area contributed by atoms with E-state index in [1.165, 1.54) is 23.5 Å². The van der Waals surface area contributed by atoms with Crippen molar-refractivity contribution in [2.24, 2.45) is 0 Å². The lowest BCUT2D eigenvalue weighted by Gasteiger charge is -2.05. The lowest BCUT2D eigenvalue weighted by molar-refractivity contribution is -0.115. The molecule has 0 saturated heterocycles. The highest BCUT2D eigenvalue weighted by Gasteiger charge is 2.17. The minimum absolute atomic E-state index is 0.0881. The van der Waals surface area contributed by atoms with Crippen LogP contribution < -0.4 is 10.6 Å². The highest BCUT2D eigenvalue weighted by molar-refractivity contribution is 7.20. The maximum atomic E-state index is 13.0. The maximum absolute atomic E-state index is 13.0. The van der Waals surface area contributed by atoms with Gasteiger partial charge in [-0.05, 0) is 35.9 Å². The van der Waals surface area contributed by atoms with Crippen molar-refractivity contribution < 1.29 is 14.0 Å². The van der Waals surface area contributed by atoms with Crippen LogP contribution in [0, 0.1) is 5.82 Å². The Hall–Kier alpha value is -3.23. The number of hydrogen-bond donors (Lipinski definition) is 3. The van der Waals surface area contributed by atoms with Crippen LogP contribution in [0.25, 0.3) is 10.2 Å². The number of thiophene rings is 1. The summed E-state index contributed by atoms with van der Waals surface area (Å²) in [6, 6.07) is 14.3. The van der Waals surface area contributed by atoms with Gasteiger partial charge in [-0.25, -0.2) is 4.39 Å². The quantitative estimate of drug-likeness (QED) is 0.424. The monoisotopic (exact) mass is 428 g/mol. The highest BCUT2D eigenvalue weighted by Crippen LogP contribution is 2.30. The zero-order valence-electron chi connectivity index (χ0n) is 14.8. The molecule has 2 heterocycles. The Bertz CT molecular complexity index is 1200. The molecule has 9 heteroatoms. The van der Waals surface area contributed by atoms with E-state index >= 15 is 0 Å². The van der Waals surface area contributed by atoms with Crippen molar-refractivity contribution in [2.75, 3.05) is 10.6 Å². The van der Waals surface area contributed by atoms with Gasteiger partial charge in [-0.2, -0.15) is 5.10 Å². The third-order valence-corrected chi connectivity index (χ3v) is 5.50. The first-order valence-electron chi connectivity index (χ1n) is 8.57. The Labute approximate surface area is 173 Å². The summed E-state index contributed by atoms with van der Waals surface area (Å²) in [7, 11) is 0. The van der Waals surface area contributed by atoms with E-state index in [1.807, 2.05) is 0 Å². The van der Waals surface area contributed by atoms with Gasteiger partial charge in [-0.15, -0.1) is 11.3 Å². The van der Waals surface area contributed by atoms with Crippen LogP contribution in [0.15, 0.2) is 54.6 Å². The predicted molar refractivity (Wildman–Crippen MR) is 112 cm³/mol. The molecule has 0 bridgehead atoms. The molecule has 6 nitrogen and oxygen atoms in total. The van der Waals surface area contributed by atoms with Gasteiger partial charge >= 0.3 is 0 Å². The van der Waals surface area contributed by atoms with E-state index in [2.05, 4.69) is 20.8 Å². The summed E-state index contributed by atoms with van der Waals surface area (Å²) in [4.78, 5) is 25.8. The molecule has 0 aliphatic rings. The lowest BCUT2D eigenvalue weighted by Crippen LogP contribution is -2.15. The molecule has 2 amide bonds. The van der Waals surface area contributed by atoms with E-state index in [0.717, 1.165) is 0 Å². The second-order valence-corrected chi connectivity index (χ2v) is 7.65. The Kier molecular flexibility index (Phi) is 5.28. The Morgan fingerprint density at radius 1 is 1.10 bits per heavy atom. The number of amides is 2. The van der Waals surface area contributed by atoms with Gasteiger partial charge in [-0.3, -0.25) is 14.7 Å². The second kappa shape index (κ2) is 8.02. The van der Waals surface area contributed by atoms with Gasteiger partial charge in [0.15, 0.2) is 0 Å². The van der Waals surface area contributed by atoms with E-state index in [9.17, 15) is 14.0 Å². The van der Waals surface area contributed by atoms with Gasteiger partial charge in [0.05, 0.1) is 27.4 Å². The van der Waals surface area contributed by atoms with E-state index in [4.69, 9.17) is 11.6 Å². The number of carbonyl (C=O) groups is 2. The van der Waals surface area contributed by atoms with E-state index in [1.54, 1.807) is 42.5 Å². The number of aromatic amines is 1. The van der Waals surface area contributed by atoms with Crippen LogP contribution in [0.3, 0.4) is 0 Å². The van der Waals surface area contributed by atoms with Crippen molar-refractivity contribution in [3.63, 3.8) is 0 Å². The molecule has 3 N–H and O–H groups in total. The topological polar surface area (TPSA) is 86.9 Å². The van der Waals surface area contributed by atoms with Crippen molar-refractivity contribution in [3.8, 4) is 0 Å². The fraction of sp³-hybridized carbons (Fsp3) is 0.0500. The summed E-state index contributed by atoms with van der Waals surface area (Å²) in [5.74, 6) is -0.550. The number of fused-ring (bicyclic) bond motifs is 1. The zero-order chi connectivity index (χ0) is 20.4. The molecule has 0 atom stereocenters. The normalized spacial score (nSPS) is 10.8. The standard InChI is InChI=1S/C20H14ClFN4O2S/c21-14-3-1-2-4-15(14)23-19(28)16-10-13-18(25-26-20(13)29-16)24-17(27)9-11-5-7-12(22)8-6-11/h1-8,10H,9H2,(H,23,28)(H2,24,25,26,27). The number of benzene rings is 2. The number of anilines is 2. The number of rotatable bonds is 5. The average molecular weight is 429 g/mol. The summed E-state index contributed by atoms with van der Waals surface area (Å²) in [5.41, 5.74) is 1.20. The van der Waals surface area contributed by atoms with Crippen LogP contribution in [0.4, 0.5) is 15.9 Å². The minimum atomic E-state index is -0.356. The number of carbonyl (C=O) groups excluding carboxylic acids is 2. The van der Waals surface area contributed by atoms with Crippen LogP contribution >= 0.6 is 22.9 Å². The molecular weight excluding hydrogens is 415 g/mol. The van der Waals surface area contributed by atoms with Crippen LogP contribution in [0.2, 0.25) is 5.02 Å². The number of aromatic nitrogens is 2. The largest absolute Gasteiger partial charge is 0.320 e. The Balaban J connectivity index is 1.48. The van der Waals surface area contributed by atoms with Crippen molar-refractivity contribution in [1.82, 2.24) is 10.2 Å². The smallest absolute Gasteiger partial charge is 0.265 e. The summed E-state index contributed by atoms with van der Waals surface area (Å²) in [5, 5.41) is 13.5. The summed E-state index contributed by atoms with van der Waals surface area (Å²) in [6.45, 7) is 0. The van der Waals surface area contributed by atoms with E-state index < -0.39 is 0 Å². The van der Waals surface area contributed by atoms with Crippen molar-refractivity contribution in [3.05, 3.63) is 75.9 Å². The fourth-order valence-corrected chi connectivity index (χ4v) is 3.81. The van der Waals surface area contributed by atoms with Gasteiger partial charge < -0.3 is 10.6 Å². The molecule has 0 aliphatic carbocycles. The van der Waals surface area contributed by atoms with Crippen LogP contribution in [0.1, 0.15) is 15.2 Å². The van der Waals surface area contributed by atoms with Gasteiger partial charge in [0.25, 0.3) is 5.91 Å². The number of hydrogen-bond acceptors (Lipinski definition) is 4. The minimum Gasteiger partial charge on any atom is -0.320 e. The molecular formula is C20H14ClFN4O2S. The zero-order valence-corrected chi connectivity index (χ0v) is 16.4. The molecule has 4 aromatic rings. The molecule has 2 aromatic carbocycles. The predicted octanol–water partition coefficient (Wildman–Crippen LogP) is 4.85. The lowest BCUT2D eigenvalue weighted by atomic mass is 10.1. The first kappa shape index (κ1) is 19.1. The SMILES string of the molecule is O=C(Cc1ccc(F)cc1)Nc1[nH]nc2sc(C(=O)Nc3ccccc3Cl)cc12. The molecule has 0 spiro atoms. The third kappa shape index (κ3) is 4.28. The highest BCUT2D eigenvalue weighted by atomic mass is 35.5. The molecule has 0 aliphatic heterocycles. The summed E-state index contributed by atoms with van der Waals surface area (Å²) < 4.78 is 13.0. The first-order chi connectivity index (χ1) is 14.0.